The first kappa shape index (κ1) is 16.7. The summed E-state index contributed by atoms with van der Waals surface area (Å²) in [4.78, 5) is 27.3. The number of carboxylic acid groups (broad SMARTS) is 1. The number of carbonyl (C=O) groups is 2. The number of benzene rings is 1. The summed E-state index contributed by atoms with van der Waals surface area (Å²) in [5.41, 5.74) is 2.12. The number of nitrogens with zero attached hydrogens (tertiary/aromatic N) is 3. The molecule has 122 valence electrons. The van der Waals surface area contributed by atoms with E-state index in [4.69, 9.17) is 5.11 Å². The van der Waals surface area contributed by atoms with Crippen molar-refractivity contribution in [2.45, 2.75) is 26.7 Å². The van der Waals surface area contributed by atoms with E-state index in [9.17, 15) is 9.59 Å². The average Bonchev–Trinajstić information content (AvgIpc) is 3.05. The molecule has 0 fully saturated rings. The predicted molar refractivity (Wildman–Crippen MR) is 84.5 cm³/mol. The Morgan fingerprint density at radius 2 is 2.17 bits per heavy atom. The Morgan fingerprint density at radius 1 is 1.39 bits per heavy atom. The smallest absolute Gasteiger partial charge is 0.308 e. The molecule has 0 aliphatic rings. The predicted octanol–water partition coefficient (Wildman–Crippen LogP) is 1.81. The molecule has 0 aliphatic heterocycles. The normalized spacial score (nSPS) is 11.9. The third kappa shape index (κ3) is 4.15. The zero-order valence-electron chi connectivity index (χ0n) is 13.2. The fourth-order valence-electron chi connectivity index (χ4n) is 2.36. The summed E-state index contributed by atoms with van der Waals surface area (Å²) in [5, 5.41) is 15.9. The topological polar surface area (TPSA) is 97.1 Å². The second kappa shape index (κ2) is 7.53. The van der Waals surface area contributed by atoms with Crippen molar-refractivity contribution in [3.05, 3.63) is 42.0 Å². The highest BCUT2D eigenvalue weighted by Gasteiger charge is 2.18. The van der Waals surface area contributed by atoms with Crippen LogP contribution in [0.2, 0.25) is 0 Å². The van der Waals surface area contributed by atoms with Crippen molar-refractivity contribution in [1.29, 1.82) is 0 Å². The van der Waals surface area contributed by atoms with Gasteiger partial charge < -0.3 is 10.4 Å². The van der Waals surface area contributed by atoms with Crippen LogP contribution in [0.1, 0.15) is 35.7 Å². The van der Waals surface area contributed by atoms with Crippen LogP contribution in [0.3, 0.4) is 0 Å². The molecule has 2 aromatic rings. The minimum atomic E-state index is -0.884. The first-order valence-corrected chi connectivity index (χ1v) is 7.49. The van der Waals surface area contributed by atoms with Crippen LogP contribution in [0.25, 0.3) is 5.69 Å². The van der Waals surface area contributed by atoms with Crippen molar-refractivity contribution < 1.29 is 14.7 Å². The molecule has 7 nitrogen and oxygen atoms in total. The van der Waals surface area contributed by atoms with E-state index in [-0.39, 0.29) is 12.5 Å². The van der Waals surface area contributed by atoms with Crippen LogP contribution < -0.4 is 5.32 Å². The van der Waals surface area contributed by atoms with E-state index in [2.05, 4.69) is 15.4 Å². The maximum Gasteiger partial charge on any atom is 0.308 e. The Hall–Kier alpha value is -2.70. The van der Waals surface area contributed by atoms with Crippen molar-refractivity contribution in [1.82, 2.24) is 20.1 Å². The Morgan fingerprint density at radius 3 is 2.74 bits per heavy atom. The maximum absolute atomic E-state index is 12.3. The first-order chi connectivity index (χ1) is 11.0. The minimum Gasteiger partial charge on any atom is -0.481 e. The Kier molecular flexibility index (Phi) is 5.46. The summed E-state index contributed by atoms with van der Waals surface area (Å²) < 4.78 is 1.61. The molecule has 1 unspecified atom stereocenters. The number of aliphatic carboxylic acids is 1. The summed E-state index contributed by atoms with van der Waals surface area (Å²) in [6.07, 6.45) is 4.32. The van der Waals surface area contributed by atoms with Gasteiger partial charge in [-0.3, -0.25) is 9.59 Å². The lowest BCUT2D eigenvalue weighted by Gasteiger charge is -2.13. The van der Waals surface area contributed by atoms with E-state index in [1.807, 2.05) is 19.9 Å². The van der Waals surface area contributed by atoms with Gasteiger partial charge in [-0.15, -0.1) is 0 Å². The lowest BCUT2D eigenvalue weighted by atomic mass is 10.0. The van der Waals surface area contributed by atoms with Crippen molar-refractivity contribution in [3.63, 3.8) is 0 Å². The molecule has 2 rings (SSSR count). The minimum absolute atomic E-state index is 0.131. The standard InChI is InChI=1S/C16H20N4O3/c1-3-4-12(16(22)23)8-18-15(21)14-6-5-13(7-11(14)2)20-10-17-9-19-20/h5-7,9-10,12H,3-4,8H2,1-2H3,(H,18,21)(H,22,23). The van der Waals surface area contributed by atoms with Gasteiger partial charge in [0.2, 0.25) is 0 Å². The van der Waals surface area contributed by atoms with Crippen molar-refractivity contribution in [2.24, 2.45) is 5.92 Å². The highest BCUT2D eigenvalue weighted by molar-refractivity contribution is 5.96. The quantitative estimate of drug-likeness (QED) is 0.812. The van der Waals surface area contributed by atoms with Gasteiger partial charge in [-0.2, -0.15) is 5.10 Å². The van der Waals surface area contributed by atoms with Crippen molar-refractivity contribution in [2.75, 3.05) is 6.54 Å². The monoisotopic (exact) mass is 316 g/mol. The number of carbonyl (C=O) groups excluding carboxylic acids is 1. The van der Waals surface area contributed by atoms with E-state index in [0.29, 0.717) is 12.0 Å². The van der Waals surface area contributed by atoms with E-state index in [1.54, 1.807) is 23.1 Å². The zero-order chi connectivity index (χ0) is 16.8. The fraction of sp³-hybridized carbons (Fsp3) is 0.375. The number of aryl methyl sites for hydroxylation is 1. The number of nitrogens with one attached hydrogen (secondary N) is 1. The third-order valence-corrected chi connectivity index (χ3v) is 3.63. The van der Waals surface area contributed by atoms with Crippen LogP contribution in [0.5, 0.6) is 0 Å². The Labute approximate surface area is 134 Å². The molecule has 1 aromatic heterocycles. The second-order valence-corrected chi connectivity index (χ2v) is 5.37. The molecule has 1 aromatic carbocycles. The number of rotatable bonds is 7. The zero-order valence-corrected chi connectivity index (χ0v) is 13.2. The van der Waals surface area contributed by atoms with E-state index in [0.717, 1.165) is 17.7 Å². The highest BCUT2D eigenvalue weighted by atomic mass is 16.4. The number of aromatic nitrogens is 3. The molecule has 0 bridgehead atoms. The number of hydrogen-bond acceptors (Lipinski definition) is 4. The number of amides is 1. The maximum atomic E-state index is 12.3. The van der Waals surface area contributed by atoms with Gasteiger partial charge in [0.1, 0.15) is 12.7 Å². The molecular weight excluding hydrogens is 296 g/mol. The second-order valence-electron chi connectivity index (χ2n) is 5.37. The summed E-state index contributed by atoms with van der Waals surface area (Å²) in [6, 6.07) is 5.32. The third-order valence-electron chi connectivity index (χ3n) is 3.63. The van der Waals surface area contributed by atoms with Gasteiger partial charge in [-0.05, 0) is 37.1 Å². The lowest BCUT2D eigenvalue weighted by Crippen LogP contribution is -2.33. The van der Waals surface area contributed by atoms with Gasteiger partial charge in [-0.25, -0.2) is 9.67 Å². The molecule has 1 amide bonds. The average molecular weight is 316 g/mol. The van der Waals surface area contributed by atoms with Crippen LogP contribution in [0, 0.1) is 12.8 Å². The van der Waals surface area contributed by atoms with Crippen LogP contribution in [-0.2, 0) is 4.79 Å². The lowest BCUT2D eigenvalue weighted by molar-refractivity contribution is -0.141. The van der Waals surface area contributed by atoms with E-state index < -0.39 is 11.9 Å². The van der Waals surface area contributed by atoms with Crippen LogP contribution in [0.15, 0.2) is 30.9 Å². The van der Waals surface area contributed by atoms with Crippen LogP contribution in [-0.4, -0.2) is 38.3 Å². The SMILES string of the molecule is CCCC(CNC(=O)c1ccc(-n2cncn2)cc1C)C(=O)O. The van der Waals surface area contributed by atoms with Gasteiger partial charge in [0.15, 0.2) is 0 Å². The fourth-order valence-corrected chi connectivity index (χ4v) is 2.36. The molecule has 1 atom stereocenters. The number of hydrogen-bond donors (Lipinski definition) is 2. The molecule has 0 saturated heterocycles. The molecular formula is C16H20N4O3. The van der Waals surface area contributed by atoms with E-state index >= 15 is 0 Å². The molecule has 1 heterocycles. The molecule has 0 aliphatic carbocycles. The van der Waals surface area contributed by atoms with Gasteiger partial charge in [0.05, 0.1) is 11.6 Å². The largest absolute Gasteiger partial charge is 0.481 e. The van der Waals surface area contributed by atoms with Crippen LogP contribution in [0.4, 0.5) is 0 Å². The summed E-state index contributed by atoms with van der Waals surface area (Å²) in [6.45, 7) is 3.88. The molecule has 0 saturated carbocycles. The molecule has 0 spiro atoms. The van der Waals surface area contributed by atoms with Gasteiger partial charge in [0.25, 0.3) is 5.91 Å². The number of carboxylic acids is 1. The first-order valence-electron chi connectivity index (χ1n) is 7.49. The Balaban J connectivity index is 2.06. The molecule has 2 N–H and O–H groups in total. The summed E-state index contributed by atoms with van der Waals surface area (Å²) >= 11 is 0. The Bertz CT molecular complexity index is 683. The molecule has 7 heteroatoms. The molecule has 23 heavy (non-hydrogen) atoms. The molecule has 0 radical (unpaired) electrons. The summed E-state index contributed by atoms with van der Waals surface area (Å²) in [7, 11) is 0. The van der Waals surface area contributed by atoms with E-state index in [1.165, 1.54) is 6.33 Å². The summed E-state index contributed by atoms with van der Waals surface area (Å²) in [5.74, 6) is -1.71. The van der Waals surface area contributed by atoms with Crippen LogP contribution >= 0.6 is 0 Å². The van der Waals surface area contributed by atoms with Crippen molar-refractivity contribution in [3.8, 4) is 5.69 Å². The van der Waals surface area contributed by atoms with Gasteiger partial charge >= 0.3 is 5.97 Å². The van der Waals surface area contributed by atoms with Gasteiger partial charge in [0, 0.05) is 12.1 Å². The van der Waals surface area contributed by atoms with Gasteiger partial charge in [-0.1, -0.05) is 13.3 Å². The highest BCUT2D eigenvalue weighted by Crippen LogP contribution is 2.14. The van der Waals surface area contributed by atoms with Crippen molar-refractivity contribution >= 4 is 11.9 Å².